The Bertz CT molecular complexity index is 339. The summed E-state index contributed by atoms with van der Waals surface area (Å²) in [6, 6.07) is 0.983. The van der Waals surface area contributed by atoms with Gasteiger partial charge in [0.15, 0.2) is 10.8 Å². The number of halogens is 3. The normalized spacial score (nSPS) is 14.1. The molecule has 1 aromatic heterocycles. The van der Waals surface area contributed by atoms with E-state index >= 15 is 0 Å². The molecule has 0 aliphatic carbocycles. The Morgan fingerprint density at radius 2 is 2.00 bits per heavy atom. The van der Waals surface area contributed by atoms with Gasteiger partial charge in [0, 0.05) is 12.4 Å². The molecule has 1 unspecified atom stereocenters. The van der Waals surface area contributed by atoms with Gasteiger partial charge in [-0.05, 0) is 6.07 Å². The molecule has 1 rings (SSSR count). The van der Waals surface area contributed by atoms with Crippen molar-refractivity contribution in [2.45, 2.75) is 10.4 Å². The van der Waals surface area contributed by atoms with Gasteiger partial charge < -0.3 is 5.73 Å². The molecule has 0 spiro atoms. The standard InChI is InChI=1S/C6H5F3N2OS/c7-6(8,9)13(12)5-1-4(10)2-11-3-5/h1-3H,10H2. The SMILES string of the molecule is Nc1cncc(S(=O)C(F)(F)F)c1. The number of nitrogens with zero attached hydrogens (tertiary/aromatic N) is 1. The van der Waals surface area contributed by atoms with Gasteiger partial charge in [0.1, 0.15) is 0 Å². The number of hydrogen-bond donors (Lipinski definition) is 1. The Morgan fingerprint density at radius 3 is 2.46 bits per heavy atom. The third kappa shape index (κ3) is 2.41. The number of nitrogen functional groups attached to an aromatic ring is 1. The number of nitrogens with two attached hydrogens (primary N) is 1. The van der Waals surface area contributed by atoms with Crippen molar-refractivity contribution >= 4 is 16.5 Å². The molecule has 1 aromatic rings. The van der Waals surface area contributed by atoms with Crippen molar-refractivity contribution in [3.8, 4) is 0 Å². The van der Waals surface area contributed by atoms with Gasteiger partial charge >= 0.3 is 5.51 Å². The smallest absolute Gasteiger partial charge is 0.397 e. The van der Waals surface area contributed by atoms with Crippen LogP contribution in [0.1, 0.15) is 0 Å². The summed E-state index contributed by atoms with van der Waals surface area (Å²) in [5.41, 5.74) is 0.458. The van der Waals surface area contributed by atoms with Crippen LogP contribution in [-0.2, 0) is 10.8 Å². The first kappa shape index (κ1) is 9.97. The maximum Gasteiger partial charge on any atom is 0.475 e. The van der Waals surface area contributed by atoms with Gasteiger partial charge in [-0.25, -0.2) is 4.21 Å². The van der Waals surface area contributed by atoms with Gasteiger partial charge in [-0.1, -0.05) is 0 Å². The minimum atomic E-state index is -4.77. The van der Waals surface area contributed by atoms with Gasteiger partial charge in [0.2, 0.25) is 0 Å². The molecule has 0 bridgehead atoms. The molecule has 2 N–H and O–H groups in total. The third-order valence-electron chi connectivity index (χ3n) is 1.16. The average molecular weight is 210 g/mol. The first-order valence-electron chi connectivity index (χ1n) is 3.10. The summed E-state index contributed by atoms with van der Waals surface area (Å²) < 4.78 is 46.4. The summed E-state index contributed by atoms with van der Waals surface area (Å²) in [5, 5.41) is 0. The fourth-order valence-electron chi connectivity index (χ4n) is 0.671. The van der Waals surface area contributed by atoms with Gasteiger partial charge in [-0.3, -0.25) is 4.98 Å². The Labute approximate surface area is 74.2 Å². The molecule has 0 saturated heterocycles. The maximum absolute atomic E-state index is 11.9. The summed E-state index contributed by atoms with van der Waals surface area (Å²) in [4.78, 5) is 2.96. The van der Waals surface area contributed by atoms with E-state index in [4.69, 9.17) is 5.73 Å². The first-order valence-corrected chi connectivity index (χ1v) is 4.25. The summed E-state index contributed by atoms with van der Waals surface area (Å²) in [6.07, 6.45) is 2.05. The van der Waals surface area contributed by atoms with Crippen molar-refractivity contribution in [2.75, 3.05) is 5.73 Å². The maximum atomic E-state index is 11.9. The van der Waals surface area contributed by atoms with Crippen LogP contribution >= 0.6 is 0 Å². The van der Waals surface area contributed by atoms with Crippen LogP contribution in [0, 0.1) is 0 Å². The van der Waals surface area contributed by atoms with Crippen LogP contribution in [0.25, 0.3) is 0 Å². The Morgan fingerprint density at radius 1 is 1.38 bits per heavy atom. The minimum Gasteiger partial charge on any atom is -0.397 e. The molecule has 0 saturated carbocycles. The molecule has 0 aromatic carbocycles. The van der Waals surface area contributed by atoms with Gasteiger partial charge in [0.05, 0.1) is 10.6 Å². The van der Waals surface area contributed by atoms with Gasteiger partial charge in [0.25, 0.3) is 0 Å². The monoisotopic (exact) mass is 210 g/mol. The largest absolute Gasteiger partial charge is 0.475 e. The van der Waals surface area contributed by atoms with Gasteiger partial charge in [-0.15, -0.1) is 0 Å². The number of aromatic nitrogens is 1. The predicted octanol–water partition coefficient (Wildman–Crippen LogP) is 1.29. The minimum absolute atomic E-state index is 0.0510. The van der Waals surface area contributed by atoms with Crippen molar-refractivity contribution in [3.05, 3.63) is 18.5 Å². The zero-order chi connectivity index (χ0) is 10.1. The number of rotatable bonds is 1. The van der Waals surface area contributed by atoms with Crippen LogP contribution in [0.15, 0.2) is 23.4 Å². The molecule has 13 heavy (non-hydrogen) atoms. The second-order valence-corrected chi connectivity index (χ2v) is 3.64. The first-order chi connectivity index (χ1) is 5.91. The third-order valence-corrected chi connectivity index (χ3v) is 2.23. The molecule has 1 heterocycles. The van der Waals surface area contributed by atoms with Crippen molar-refractivity contribution in [1.29, 1.82) is 0 Å². The van der Waals surface area contributed by atoms with Crippen molar-refractivity contribution in [1.82, 2.24) is 4.98 Å². The van der Waals surface area contributed by atoms with Crippen LogP contribution < -0.4 is 5.73 Å². The highest BCUT2D eigenvalue weighted by atomic mass is 32.2. The molecule has 7 heteroatoms. The van der Waals surface area contributed by atoms with E-state index in [1.165, 1.54) is 6.20 Å². The quantitative estimate of drug-likeness (QED) is 0.759. The topological polar surface area (TPSA) is 56.0 Å². The Hall–Kier alpha value is -1.11. The highest BCUT2D eigenvalue weighted by molar-refractivity contribution is 7.86. The highest BCUT2D eigenvalue weighted by Crippen LogP contribution is 2.26. The van der Waals surface area contributed by atoms with E-state index in [0.29, 0.717) is 0 Å². The molecule has 0 fully saturated rings. The van der Waals surface area contributed by atoms with Gasteiger partial charge in [-0.2, -0.15) is 13.2 Å². The Kier molecular flexibility index (Phi) is 2.55. The molecule has 72 valence electrons. The number of hydrogen-bond acceptors (Lipinski definition) is 3. The van der Waals surface area contributed by atoms with Crippen molar-refractivity contribution < 1.29 is 17.4 Å². The Balaban J connectivity index is 3.03. The zero-order valence-corrected chi connectivity index (χ0v) is 7.02. The average Bonchev–Trinajstić information content (AvgIpc) is 2.01. The second kappa shape index (κ2) is 3.33. The molecule has 0 radical (unpaired) electrons. The fourth-order valence-corrected chi connectivity index (χ4v) is 1.34. The van der Waals surface area contributed by atoms with E-state index in [0.717, 1.165) is 12.3 Å². The lowest BCUT2D eigenvalue weighted by Gasteiger charge is -2.05. The van der Waals surface area contributed by atoms with Crippen LogP contribution in [0.5, 0.6) is 0 Å². The summed E-state index contributed by atoms with van der Waals surface area (Å²) in [6.45, 7) is 0. The van der Waals surface area contributed by atoms with Crippen LogP contribution in [0.4, 0.5) is 18.9 Å². The van der Waals surface area contributed by atoms with E-state index in [1.54, 1.807) is 0 Å². The van der Waals surface area contributed by atoms with Crippen LogP contribution in [0.2, 0.25) is 0 Å². The van der Waals surface area contributed by atoms with Crippen LogP contribution in [0.3, 0.4) is 0 Å². The molecule has 0 amide bonds. The summed E-state index contributed by atoms with van der Waals surface area (Å²) >= 11 is 0. The predicted molar refractivity (Wildman–Crippen MR) is 41.1 cm³/mol. The second-order valence-electron chi connectivity index (χ2n) is 2.17. The summed E-state index contributed by atoms with van der Waals surface area (Å²) in [5.74, 6) is 0. The van der Waals surface area contributed by atoms with E-state index in [2.05, 4.69) is 4.98 Å². The van der Waals surface area contributed by atoms with E-state index in [1.807, 2.05) is 0 Å². The van der Waals surface area contributed by atoms with Crippen molar-refractivity contribution in [2.24, 2.45) is 0 Å². The van der Waals surface area contributed by atoms with E-state index < -0.39 is 21.2 Å². The fraction of sp³-hybridized carbons (Fsp3) is 0.167. The van der Waals surface area contributed by atoms with E-state index in [9.17, 15) is 17.4 Å². The number of alkyl halides is 3. The molecular weight excluding hydrogens is 205 g/mol. The lowest BCUT2D eigenvalue weighted by atomic mass is 10.4. The van der Waals surface area contributed by atoms with Crippen molar-refractivity contribution in [3.63, 3.8) is 0 Å². The van der Waals surface area contributed by atoms with E-state index in [-0.39, 0.29) is 5.69 Å². The molecule has 0 aliphatic rings. The van der Waals surface area contributed by atoms with Crippen LogP contribution in [-0.4, -0.2) is 14.7 Å². The molecule has 0 aliphatic heterocycles. The molecular formula is C6H5F3N2OS. The highest BCUT2D eigenvalue weighted by Gasteiger charge is 2.38. The molecule has 1 atom stereocenters. The lowest BCUT2D eigenvalue weighted by molar-refractivity contribution is -0.0384. The molecule has 3 nitrogen and oxygen atoms in total. The number of anilines is 1. The zero-order valence-electron chi connectivity index (χ0n) is 6.21. The number of pyridine rings is 1. The lowest BCUT2D eigenvalue weighted by Crippen LogP contribution is -2.16. The summed E-state index contributed by atoms with van der Waals surface area (Å²) in [7, 11) is -3.05.